The lowest BCUT2D eigenvalue weighted by Crippen LogP contribution is -2.25. The molecule has 2 aromatic carbocycles. The number of ether oxygens (including phenoxy) is 2. The molecular weight excluding hydrogens is 435 g/mol. The fourth-order valence-corrected chi connectivity index (χ4v) is 4.14. The highest BCUT2D eigenvalue weighted by atomic mass is 35.5. The number of rotatable bonds is 9. The van der Waals surface area contributed by atoms with Crippen LogP contribution in [0.4, 0.5) is 10.1 Å². The second-order valence-corrected chi connectivity index (χ2v) is 8.87. The third kappa shape index (κ3) is 6.07. The van der Waals surface area contributed by atoms with Crippen molar-refractivity contribution < 1.29 is 27.1 Å². The highest BCUT2D eigenvalue weighted by Crippen LogP contribution is 2.32. The zero-order chi connectivity index (χ0) is 21.6. The monoisotopic (exact) mass is 456 g/mol. The molecule has 2 N–H and O–H groups in total. The van der Waals surface area contributed by atoms with Gasteiger partial charge >= 0.3 is 0 Å². The highest BCUT2D eigenvalue weighted by Gasteiger charge is 2.18. The maximum atomic E-state index is 13.1. The van der Waals surface area contributed by atoms with Crippen LogP contribution >= 0.6 is 11.6 Å². The van der Waals surface area contributed by atoms with Crippen LogP contribution in [0.5, 0.6) is 11.5 Å². The van der Waals surface area contributed by atoms with Crippen LogP contribution in [-0.4, -0.2) is 34.1 Å². The van der Waals surface area contributed by atoms with E-state index in [0.29, 0.717) is 49.7 Å². The summed E-state index contributed by atoms with van der Waals surface area (Å²) >= 11 is 5.68. The van der Waals surface area contributed by atoms with Crippen molar-refractivity contribution in [1.82, 2.24) is 4.72 Å². The van der Waals surface area contributed by atoms with Crippen LogP contribution in [0.1, 0.15) is 25.7 Å². The molecule has 0 aliphatic carbocycles. The molecule has 0 radical (unpaired) electrons. The normalized spacial score (nSPS) is 13.1. The summed E-state index contributed by atoms with van der Waals surface area (Å²) in [6.45, 7) is 1.07. The van der Waals surface area contributed by atoms with Crippen molar-refractivity contribution in [3.8, 4) is 11.5 Å². The number of unbranched alkanes of at least 4 members (excludes halogenated alkanes) is 2. The first-order valence-electron chi connectivity index (χ1n) is 9.49. The van der Waals surface area contributed by atoms with Crippen molar-refractivity contribution in [3.05, 3.63) is 47.2 Å². The zero-order valence-electron chi connectivity index (χ0n) is 16.1. The largest absolute Gasteiger partial charge is 0.486 e. The van der Waals surface area contributed by atoms with Gasteiger partial charge in [-0.25, -0.2) is 17.5 Å². The Balaban J connectivity index is 1.37. The molecule has 0 unspecified atom stereocenters. The molecule has 1 amide bonds. The number of halogens is 2. The fourth-order valence-electron chi connectivity index (χ4n) is 2.87. The number of anilines is 1. The highest BCUT2D eigenvalue weighted by molar-refractivity contribution is 7.89. The molecule has 162 valence electrons. The van der Waals surface area contributed by atoms with Crippen LogP contribution in [0.2, 0.25) is 5.02 Å². The fraction of sp³-hybridized carbons (Fsp3) is 0.350. The van der Waals surface area contributed by atoms with Crippen molar-refractivity contribution in [2.75, 3.05) is 25.1 Å². The molecule has 1 aliphatic rings. The molecule has 7 nitrogen and oxygen atoms in total. The molecule has 10 heteroatoms. The third-order valence-electron chi connectivity index (χ3n) is 4.40. The standard InChI is InChI=1S/C20H22ClFN2O5S/c21-16-12-14(5-7-17(16)22)24-20(25)4-2-1-3-9-23-30(26,27)15-6-8-18-19(13-15)29-11-10-28-18/h5-8,12-13,23H,1-4,9-11H2,(H,24,25). The number of hydrogen-bond donors (Lipinski definition) is 2. The minimum Gasteiger partial charge on any atom is -0.486 e. The Morgan fingerprint density at radius 2 is 1.80 bits per heavy atom. The molecule has 0 saturated heterocycles. The molecule has 30 heavy (non-hydrogen) atoms. The SMILES string of the molecule is O=C(CCCCCNS(=O)(=O)c1ccc2c(c1)OCCO2)Nc1ccc(F)c(Cl)c1. The van der Waals surface area contributed by atoms with Crippen LogP contribution in [0.25, 0.3) is 0 Å². The number of amides is 1. The summed E-state index contributed by atoms with van der Waals surface area (Å²) in [6, 6.07) is 8.47. The summed E-state index contributed by atoms with van der Waals surface area (Å²) in [5.74, 6) is 0.182. The molecule has 0 atom stereocenters. The van der Waals surface area contributed by atoms with Crippen molar-refractivity contribution >= 4 is 33.2 Å². The first-order valence-corrected chi connectivity index (χ1v) is 11.4. The molecule has 0 aromatic heterocycles. The number of carbonyl (C=O) groups excluding carboxylic acids is 1. The molecular formula is C20H22ClFN2O5S. The van der Waals surface area contributed by atoms with Crippen LogP contribution in [0.3, 0.4) is 0 Å². The van der Waals surface area contributed by atoms with E-state index >= 15 is 0 Å². The minimum absolute atomic E-state index is 0.0573. The van der Waals surface area contributed by atoms with Gasteiger partial charge in [-0.05, 0) is 43.2 Å². The Morgan fingerprint density at radius 1 is 1.03 bits per heavy atom. The predicted molar refractivity (Wildman–Crippen MR) is 111 cm³/mol. The van der Waals surface area contributed by atoms with Gasteiger partial charge in [0, 0.05) is 24.7 Å². The van der Waals surface area contributed by atoms with E-state index in [1.165, 1.54) is 30.3 Å². The topological polar surface area (TPSA) is 93.7 Å². The number of sulfonamides is 1. The summed E-state index contributed by atoms with van der Waals surface area (Å²) in [5, 5.41) is 2.59. The Morgan fingerprint density at radius 3 is 2.57 bits per heavy atom. The van der Waals surface area contributed by atoms with E-state index < -0.39 is 15.8 Å². The first kappa shape index (κ1) is 22.3. The lowest BCUT2D eigenvalue weighted by molar-refractivity contribution is -0.116. The van der Waals surface area contributed by atoms with Gasteiger partial charge in [0.15, 0.2) is 11.5 Å². The molecule has 3 rings (SSSR count). The van der Waals surface area contributed by atoms with E-state index in [1.807, 2.05) is 0 Å². The van der Waals surface area contributed by atoms with E-state index in [0.717, 1.165) is 0 Å². The average Bonchev–Trinajstić information content (AvgIpc) is 2.73. The van der Waals surface area contributed by atoms with Crippen LogP contribution in [-0.2, 0) is 14.8 Å². The van der Waals surface area contributed by atoms with Crippen LogP contribution in [0, 0.1) is 5.82 Å². The van der Waals surface area contributed by atoms with E-state index in [9.17, 15) is 17.6 Å². The molecule has 0 bridgehead atoms. The van der Waals surface area contributed by atoms with Crippen LogP contribution < -0.4 is 19.5 Å². The summed E-state index contributed by atoms with van der Waals surface area (Å²) in [7, 11) is -3.65. The third-order valence-corrected chi connectivity index (χ3v) is 6.15. The minimum atomic E-state index is -3.65. The van der Waals surface area contributed by atoms with E-state index in [4.69, 9.17) is 21.1 Å². The second kappa shape index (κ2) is 10.1. The smallest absolute Gasteiger partial charge is 0.240 e. The van der Waals surface area contributed by atoms with Gasteiger partial charge in [0.1, 0.15) is 19.0 Å². The predicted octanol–water partition coefficient (Wildman–Crippen LogP) is 3.73. The molecule has 0 fully saturated rings. The molecule has 1 aliphatic heterocycles. The molecule has 0 spiro atoms. The summed E-state index contributed by atoms with van der Waals surface area (Å²) in [6.07, 6.45) is 2.11. The van der Waals surface area contributed by atoms with Gasteiger partial charge in [0.25, 0.3) is 0 Å². The first-order chi connectivity index (χ1) is 14.3. The molecule has 0 saturated carbocycles. The van der Waals surface area contributed by atoms with Gasteiger partial charge < -0.3 is 14.8 Å². The van der Waals surface area contributed by atoms with Gasteiger partial charge in [-0.2, -0.15) is 0 Å². The molecule has 1 heterocycles. The van der Waals surface area contributed by atoms with Gasteiger partial charge in [0.2, 0.25) is 15.9 Å². The van der Waals surface area contributed by atoms with E-state index in [1.54, 1.807) is 6.07 Å². The Hall–Kier alpha value is -2.36. The summed E-state index contributed by atoms with van der Waals surface area (Å²) in [5.41, 5.74) is 0.429. The number of benzene rings is 2. The summed E-state index contributed by atoms with van der Waals surface area (Å²) < 4.78 is 51.3. The average molecular weight is 457 g/mol. The molecule has 2 aromatic rings. The number of hydrogen-bond acceptors (Lipinski definition) is 5. The van der Waals surface area contributed by atoms with Crippen molar-refractivity contribution in [2.45, 2.75) is 30.6 Å². The van der Waals surface area contributed by atoms with Crippen LogP contribution in [0.15, 0.2) is 41.3 Å². The Labute approximate surface area is 179 Å². The second-order valence-electron chi connectivity index (χ2n) is 6.69. The van der Waals surface area contributed by atoms with Crippen molar-refractivity contribution in [2.24, 2.45) is 0 Å². The summed E-state index contributed by atoms with van der Waals surface area (Å²) in [4.78, 5) is 12.0. The zero-order valence-corrected chi connectivity index (χ0v) is 17.7. The van der Waals surface area contributed by atoms with Crippen molar-refractivity contribution in [1.29, 1.82) is 0 Å². The quantitative estimate of drug-likeness (QED) is 0.561. The van der Waals surface area contributed by atoms with E-state index in [-0.39, 0.29) is 28.8 Å². The Kier molecular flexibility index (Phi) is 7.52. The lowest BCUT2D eigenvalue weighted by Gasteiger charge is -2.18. The van der Waals surface area contributed by atoms with Gasteiger partial charge in [0.05, 0.1) is 9.92 Å². The van der Waals surface area contributed by atoms with Gasteiger partial charge in [-0.3, -0.25) is 4.79 Å². The number of fused-ring (bicyclic) bond motifs is 1. The number of nitrogens with one attached hydrogen (secondary N) is 2. The maximum Gasteiger partial charge on any atom is 0.240 e. The van der Waals surface area contributed by atoms with E-state index in [2.05, 4.69) is 10.0 Å². The number of carbonyl (C=O) groups is 1. The van der Waals surface area contributed by atoms with Gasteiger partial charge in [-0.1, -0.05) is 18.0 Å². The maximum absolute atomic E-state index is 13.1. The van der Waals surface area contributed by atoms with Crippen molar-refractivity contribution in [3.63, 3.8) is 0 Å². The lowest BCUT2D eigenvalue weighted by atomic mass is 10.2. The van der Waals surface area contributed by atoms with Gasteiger partial charge in [-0.15, -0.1) is 0 Å². The Bertz CT molecular complexity index is 1020.